The van der Waals surface area contributed by atoms with Crippen molar-refractivity contribution in [2.75, 3.05) is 16.8 Å². The molecule has 4 aromatic rings. The zero-order chi connectivity index (χ0) is 25.7. The number of para-hydroxylation sites is 1. The molecule has 186 valence electrons. The first kappa shape index (κ1) is 23.5. The number of thiazole rings is 1. The van der Waals surface area contributed by atoms with Crippen LogP contribution in [0.25, 0.3) is 20.8 Å². The van der Waals surface area contributed by atoms with Crippen molar-refractivity contribution in [3.8, 4) is 10.6 Å². The van der Waals surface area contributed by atoms with Gasteiger partial charge in [-0.3, -0.25) is 24.1 Å². The average molecular weight is 531 g/mol. The Morgan fingerprint density at radius 3 is 2.38 bits per heavy atom. The molecule has 1 fully saturated rings. The van der Waals surface area contributed by atoms with E-state index in [1.54, 1.807) is 42.5 Å². The van der Waals surface area contributed by atoms with Crippen molar-refractivity contribution in [3.63, 3.8) is 0 Å². The topological polar surface area (TPSA) is 99.7 Å². The van der Waals surface area contributed by atoms with Crippen LogP contribution >= 0.6 is 22.7 Å². The maximum atomic E-state index is 13.3. The van der Waals surface area contributed by atoms with E-state index in [1.165, 1.54) is 16.2 Å². The van der Waals surface area contributed by atoms with Gasteiger partial charge >= 0.3 is 0 Å². The van der Waals surface area contributed by atoms with Crippen LogP contribution in [0.5, 0.6) is 0 Å². The maximum Gasteiger partial charge on any atom is 0.256 e. The summed E-state index contributed by atoms with van der Waals surface area (Å²) >= 11 is 3.06. The van der Waals surface area contributed by atoms with E-state index in [1.807, 2.05) is 29.2 Å². The summed E-state index contributed by atoms with van der Waals surface area (Å²) < 4.78 is 1.07. The van der Waals surface area contributed by atoms with Crippen molar-refractivity contribution in [2.45, 2.75) is 32.7 Å². The number of fused-ring (bicyclic) bond motifs is 2. The number of amides is 4. The highest BCUT2D eigenvalue weighted by Gasteiger charge is 2.31. The molecule has 8 nitrogen and oxygen atoms in total. The third-order valence-electron chi connectivity index (χ3n) is 6.68. The van der Waals surface area contributed by atoms with Crippen LogP contribution < -0.4 is 10.2 Å². The monoisotopic (exact) mass is 530 g/mol. The molecule has 0 aliphatic carbocycles. The molecular weight excluding hydrogens is 508 g/mol. The van der Waals surface area contributed by atoms with Crippen LogP contribution in [-0.2, 0) is 27.3 Å². The van der Waals surface area contributed by atoms with Crippen molar-refractivity contribution in [2.24, 2.45) is 0 Å². The van der Waals surface area contributed by atoms with Crippen LogP contribution in [0.1, 0.15) is 40.6 Å². The van der Waals surface area contributed by atoms with Crippen molar-refractivity contribution in [1.82, 2.24) is 9.88 Å². The number of anilines is 2. The SMILES string of the molecule is CC(=O)N1CCc2c(sc(NC(=O)c3ccc(N4C(=O)CCC4=O)cc3)c2-c2nc3ccccc3s2)C1. The van der Waals surface area contributed by atoms with E-state index < -0.39 is 0 Å². The molecule has 2 aliphatic heterocycles. The number of benzene rings is 2. The summed E-state index contributed by atoms with van der Waals surface area (Å²) in [5.74, 6) is -0.728. The summed E-state index contributed by atoms with van der Waals surface area (Å²) in [6.07, 6.45) is 1.11. The predicted molar refractivity (Wildman–Crippen MR) is 144 cm³/mol. The Balaban J connectivity index is 1.34. The van der Waals surface area contributed by atoms with Crippen LogP contribution in [0, 0.1) is 0 Å². The fourth-order valence-corrected chi connectivity index (χ4v) is 7.14. The van der Waals surface area contributed by atoms with E-state index in [0.717, 1.165) is 31.2 Å². The molecule has 0 bridgehead atoms. The van der Waals surface area contributed by atoms with Gasteiger partial charge in [0.25, 0.3) is 5.91 Å². The van der Waals surface area contributed by atoms with E-state index in [2.05, 4.69) is 5.32 Å². The van der Waals surface area contributed by atoms with Crippen LogP contribution in [0.15, 0.2) is 48.5 Å². The third kappa shape index (κ3) is 4.21. The van der Waals surface area contributed by atoms with Crippen LogP contribution in [0.3, 0.4) is 0 Å². The molecule has 0 spiro atoms. The normalized spacial score (nSPS) is 15.4. The highest BCUT2D eigenvalue weighted by atomic mass is 32.1. The van der Waals surface area contributed by atoms with Crippen LogP contribution in [0.2, 0.25) is 0 Å². The Bertz CT molecular complexity index is 1540. The molecule has 4 heterocycles. The molecule has 0 saturated carbocycles. The van der Waals surface area contributed by atoms with Crippen molar-refractivity contribution in [1.29, 1.82) is 0 Å². The fourth-order valence-electron chi connectivity index (χ4n) is 4.77. The van der Waals surface area contributed by atoms with Gasteiger partial charge in [0.05, 0.1) is 22.4 Å². The number of aromatic nitrogens is 1. The van der Waals surface area contributed by atoms with E-state index in [4.69, 9.17) is 4.98 Å². The first-order valence-electron chi connectivity index (χ1n) is 11.9. The molecule has 2 aromatic heterocycles. The fraction of sp³-hybridized carbons (Fsp3) is 0.222. The second-order valence-corrected chi connectivity index (χ2v) is 11.1. The smallest absolute Gasteiger partial charge is 0.256 e. The standard InChI is InChI=1S/C27H22N4O4S2/c1-15(32)30-13-12-18-21(14-30)37-27(24(18)26-28-19-4-2-3-5-20(19)36-26)29-25(35)16-6-8-17(9-7-16)31-22(33)10-11-23(31)34/h2-9H,10-14H2,1H3,(H,29,35). The van der Waals surface area contributed by atoms with Crippen molar-refractivity contribution in [3.05, 3.63) is 64.5 Å². The van der Waals surface area contributed by atoms with Crippen LogP contribution in [0.4, 0.5) is 10.7 Å². The maximum absolute atomic E-state index is 13.3. The van der Waals surface area contributed by atoms with Gasteiger partial charge in [0.2, 0.25) is 17.7 Å². The molecule has 37 heavy (non-hydrogen) atoms. The Labute approximate surface area is 220 Å². The summed E-state index contributed by atoms with van der Waals surface area (Å²) in [5, 5.41) is 4.61. The number of imide groups is 1. The number of hydrogen-bond donors (Lipinski definition) is 1. The second kappa shape index (κ2) is 9.20. The largest absolute Gasteiger partial charge is 0.337 e. The molecule has 10 heteroatoms. The van der Waals surface area contributed by atoms with E-state index >= 15 is 0 Å². The molecular formula is C27H22N4O4S2. The average Bonchev–Trinajstić information content (AvgIpc) is 3.57. The zero-order valence-corrected chi connectivity index (χ0v) is 21.6. The summed E-state index contributed by atoms with van der Waals surface area (Å²) in [7, 11) is 0. The molecule has 4 amide bonds. The summed E-state index contributed by atoms with van der Waals surface area (Å²) in [5.41, 5.74) is 3.83. The van der Waals surface area contributed by atoms with Gasteiger partial charge in [-0.05, 0) is 48.4 Å². The number of rotatable bonds is 4. The second-order valence-electron chi connectivity index (χ2n) is 9.01. The molecule has 0 radical (unpaired) electrons. The van der Waals surface area contributed by atoms with Gasteiger partial charge < -0.3 is 10.2 Å². The van der Waals surface area contributed by atoms with Gasteiger partial charge in [-0.2, -0.15) is 0 Å². The van der Waals surface area contributed by atoms with Gasteiger partial charge in [0.1, 0.15) is 10.0 Å². The number of nitrogens with one attached hydrogen (secondary N) is 1. The van der Waals surface area contributed by atoms with Gasteiger partial charge in [-0.25, -0.2) is 4.98 Å². The molecule has 0 unspecified atom stereocenters. The van der Waals surface area contributed by atoms with Gasteiger partial charge in [-0.1, -0.05) is 12.1 Å². The summed E-state index contributed by atoms with van der Waals surface area (Å²) in [6, 6.07) is 14.4. The van der Waals surface area contributed by atoms with E-state index in [-0.39, 0.29) is 36.5 Å². The first-order chi connectivity index (χ1) is 17.9. The Morgan fingerprint density at radius 2 is 1.68 bits per heavy atom. The summed E-state index contributed by atoms with van der Waals surface area (Å²) in [6.45, 7) is 2.71. The molecule has 6 rings (SSSR count). The van der Waals surface area contributed by atoms with E-state index in [0.29, 0.717) is 35.8 Å². The van der Waals surface area contributed by atoms with Crippen molar-refractivity contribution >= 4 is 67.2 Å². The lowest BCUT2D eigenvalue weighted by atomic mass is 10.0. The Kier molecular flexibility index (Phi) is 5.85. The lowest BCUT2D eigenvalue weighted by Crippen LogP contribution is -2.33. The highest BCUT2D eigenvalue weighted by molar-refractivity contribution is 7.23. The Morgan fingerprint density at radius 1 is 0.946 bits per heavy atom. The minimum atomic E-state index is -0.296. The van der Waals surface area contributed by atoms with Gasteiger partial charge in [0.15, 0.2) is 0 Å². The predicted octanol–water partition coefficient (Wildman–Crippen LogP) is 4.84. The molecule has 1 N–H and O–H groups in total. The number of nitrogens with zero attached hydrogens (tertiary/aromatic N) is 3. The first-order valence-corrected chi connectivity index (χ1v) is 13.6. The lowest BCUT2D eigenvalue weighted by molar-refractivity contribution is -0.129. The minimum absolute atomic E-state index is 0.0289. The van der Waals surface area contributed by atoms with Gasteiger partial charge in [0, 0.05) is 42.3 Å². The molecule has 2 aliphatic rings. The van der Waals surface area contributed by atoms with Gasteiger partial charge in [-0.15, -0.1) is 22.7 Å². The number of hydrogen-bond acceptors (Lipinski definition) is 7. The number of carbonyl (C=O) groups is 4. The molecule has 1 saturated heterocycles. The third-order valence-corrected chi connectivity index (χ3v) is 8.86. The Hall–Kier alpha value is -3.89. The number of carbonyl (C=O) groups excluding carboxylic acids is 4. The molecule has 0 atom stereocenters. The van der Waals surface area contributed by atoms with Crippen LogP contribution in [-0.4, -0.2) is 40.1 Å². The number of thiophene rings is 1. The van der Waals surface area contributed by atoms with E-state index in [9.17, 15) is 19.2 Å². The zero-order valence-electron chi connectivity index (χ0n) is 19.9. The lowest BCUT2D eigenvalue weighted by Gasteiger charge is -2.26. The minimum Gasteiger partial charge on any atom is -0.337 e. The summed E-state index contributed by atoms with van der Waals surface area (Å²) in [4.78, 5) is 58.3. The quantitative estimate of drug-likeness (QED) is 0.381. The molecule has 2 aromatic carbocycles. The highest BCUT2D eigenvalue weighted by Crippen LogP contribution is 2.45. The van der Waals surface area contributed by atoms with Crippen molar-refractivity contribution < 1.29 is 19.2 Å².